The number of ether oxygens (including phenoxy) is 3. The van der Waals surface area contributed by atoms with Gasteiger partial charge in [0.15, 0.2) is 11.5 Å². The number of benzene rings is 3. The Balaban J connectivity index is 1.42. The molecule has 0 spiro atoms. The fourth-order valence-corrected chi connectivity index (χ4v) is 8.54. The smallest absolute Gasteiger partial charge is 0.352 e. The fourth-order valence-electron chi connectivity index (χ4n) is 8.19. The number of carbonyl (C=O) groups is 2. The van der Waals surface area contributed by atoms with Crippen molar-refractivity contribution in [1.29, 1.82) is 0 Å². The standard InChI is InChI=1S/C41H43Cl2N5O6/c1-20-15-25(16-21(2)35(20)43)54-14-10-11-26-27-12-13-29(42)34(33-23(4)44-46(7)24(33)5)37(27)48-22(3)19-47(40(49)38(26)48)30-18-32(52-8)39(53-9)28-17-31(41(50)51)45(6)36(28)30/h12-13,15-18,22H,10-11,14,19H2,1-9H3,(H,50,51)/t22-/m1/s1. The molecule has 3 aromatic carbocycles. The highest BCUT2D eigenvalue weighted by molar-refractivity contribution is 6.35. The van der Waals surface area contributed by atoms with E-state index >= 15 is 4.79 Å². The van der Waals surface area contributed by atoms with Crippen molar-refractivity contribution in [3.05, 3.63) is 85.9 Å². The van der Waals surface area contributed by atoms with Crippen molar-refractivity contribution < 1.29 is 28.9 Å². The van der Waals surface area contributed by atoms with Gasteiger partial charge in [0.2, 0.25) is 0 Å². The Hall–Kier alpha value is -5.13. The Morgan fingerprint density at radius 1 is 0.963 bits per heavy atom. The normalized spacial score (nSPS) is 14.3. The van der Waals surface area contributed by atoms with E-state index in [-0.39, 0.29) is 17.6 Å². The minimum absolute atomic E-state index is 0.0534. The van der Waals surface area contributed by atoms with Gasteiger partial charge in [-0.15, -0.1) is 0 Å². The Morgan fingerprint density at radius 3 is 2.28 bits per heavy atom. The van der Waals surface area contributed by atoms with Crippen LogP contribution in [0.1, 0.15) is 68.4 Å². The van der Waals surface area contributed by atoms with E-state index in [2.05, 4.69) is 11.5 Å². The van der Waals surface area contributed by atoms with Crippen molar-refractivity contribution in [2.24, 2.45) is 14.1 Å². The second-order valence-electron chi connectivity index (χ2n) is 14.1. The quantitative estimate of drug-likeness (QED) is 0.138. The number of amides is 1. The first-order valence-corrected chi connectivity index (χ1v) is 18.5. The maximum absolute atomic E-state index is 15.2. The largest absolute Gasteiger partial charge is 0.494 e. The lowest BCUT2D eigenvalue weighted by molar-refractivity contribution is 0.0687. The molecular weight excluding hydrogens is 729 g/mol. The summed E-state index contributed by atoms with van der Waals surface area (Å²) in [5.74, 6) is 0.191. The molecule has 1 amide bonds. The van der Waals surface area contributed by atoms with Gasteiger partial charge < -0.3 is 33.4 Å². The molecule has 1 N–H and O–H groups in total. The fraction of sp³-hybridized carbons (Fsp3) is 0.341. The van der Waals surface area contributed by atoms with Gasteiger partial charge in [-0.2, -0.15) is 5.10 Å². The first-order chi connectivity index (χ1) is 25.7. The first-order valence-electron chi connectivity index (χ1n) is 17.7. The number of carbonyl (C=O) groups excluding carboxylic acids is 1. The molecule has 1 atom stereocenters. The Labute approximate surface area is 323 Å². The van der Waals surface area contributed by atoms with Crippen LogP contribution in [0.15, 0.2) is 36.4 Å². The number of methoxy groups -OCH3 is 2. The van der Waals surface area contributed by atoms with Crippen molar-refractivity contribution in [2.45, 2.75) is 53.5 Å². The average Bonchev–Trinajstić information content (AvgIpc) is 3.74. The Bertz CT molecular complexity index is 2510. The molecule has 0 saturated carbocycles. The van der Waals surface area contributed by atoms with E-state index in [0.29, 0.717) is 64.8 Å². The highest BCUT2D eigenvalue weighted by atomic mass is 35.5. The number of hydrogen-bond acceptors (Lipinski definition) is 6. The van der Waals surface area contributed by atoms with Gasteiger partial charge in [-0.1, -0.05) is 29.3 Å². The van der Waals surface area contributed by atoms with Crippen LogP contribution in [0.4, 0.5) is 5.69 Å². The molecule has 0 aliphatic carbocycles. The van der Waals surface area contributed by atoms with Crippen molar-refractivity contribution in [1.82, 2.24) is 18.9 Å². The minimum atomic E-state index is -1.10. The topological polar surface area (TPSA) is 113 Å². The second-order valence-corrected chi connectivity index (χ2v) is 14.8. The number of carboxylic acid groups (broad SMARTS) is 1. The van der Waals surface area contributed by atoms with Crippen molar-refractivity contribution in [2.75, 3.05) is 32.3 Å². The van der Waals surface area contributed by atoms with Crippen LogP contribution in [-0.4, -0.2) is 63.3 Å². The van der Waals surface area contributed by atoms with Crippen LogP contribution in [-0.2, 0) is 20.5 Å². The molecule has 1 aliphatic rings. The highest BCUT2D eigenvalue weighted by Gasteiger charge is 2.38. The van der Waals surface area contributed by atoms with Crippen molar-refractivity contribution in [3.8, 4) is 28.4 Å². The summed E-state index contributed by atoms with van der Waals surface area (Å²) < 4.78 is 23.3. The molecule has 7 rings (SSSR count). The summed E-state index contributed by atoms with van der Waals surface area (Å²) in [5.41, 5.74) is 8.88. The number of aromatic carboxylic acids is 1. The van der Waals surface area contributed by atoms with Gasteiger partial charge in [0.05, 0.1) is 48.3 Å². The average molecular weight is 773 g/mol. The number of halogens is 2. The molecule has 4 heterocycles. The molecule has 54 heavy (non-hydrogen) atoms. The molecule has 6 aromatic rings. The third kappa shape index (κ3) is 5.76. The van der Waals surface area contributed by atoms with Gasteiger partial charge in [-0.3, -0.25) is 9.48 Å². The van der Waals surface area contributed by atoms with Crippen LogP contribution >= 0.6 is 23.2 Å². The molecule has 0 unspecified atom stereocenters. The van der Waals surface area contributed by atoms with Crippen LogP contribution < -0.4 is 19.1 Å². The molecule has 11 nitrogen and oxygen atoms in total. The van der Waals surface area contributed by atoms with Gasteiger partial charge >= 0.3 is 5.97 Å². The number of aromatic nitrogens is 4. The summed E-state index contributed by atoms with van der Waals surface area (Å²) in [6.45, 7) is 10.7. The lowest BCUT2D eigenvalue weighted by Crippen LogP contribution is -2.43. The summed E-state index contributed by atoms with van der Waals surface area (Å²) in [6, 6.07) is 10.9. The number of rotatable bonds is 10. The summed E-state index contributed by atoms with van der Waals surface area (Å²) in [7, 11) is 6.62. The molecule has 0 bridgehead atoms. The maximum atomic E-state index is 15.2. The molecule has 13 heteroatoms. The predicted molar refractivity (Wildman–Crippen MR) is 213 cm³/mol. The third-order valence-corrected chi connectivity index (χ3v) is 11.6. The number of aryl methyl sites for hydroxylation is 6. The molecule has 282 valence electrons. The summed E-state index contributed by atoms with van der Waals surface area (Å²) >= 11 is 13.5. The van der Waals surface area contributed by atoms with Gasteiger partial charge in [-0.05, 0) is 88.4 Å². The van der Waals surface area contributed by atoms with E-state index in [1.807, 2.05) is 63.7 Å². The Morgan fingerprint density at radius 2 is 1.67 bits per heavy atom. The van der Waals surface area contributed by atoms with E-state index in [0.717, 1.165) is 60.9 Å². The first kappa shape index (κ1) is 37.2. The SMILES string of the molecule is COc1cc(N2C[C@@H](C)n3c(c(CCCOc4cc(C)c(Cl)c(C)c4)c4ccc(Cl)c(-c5c(C)nn(C)c5C)c43)C2=O)c2c(cc(C(=O)O)n2C)c1OC. The van der Waals surface area contributed by atoms with Gasteiger partial charge in [0.1, 0.15) is 17.1 Å². The number of fused-ring (bicyclic) bond motifs is 4. The second kappa shape index (κ2) is 13.9. The van der Waals surface area contributed by atoms with E-state index in [1.165, 1.54) is 14.2 Å². The van der Waals surface area contributed by atoms with Crippen LogP contribution in [0, 0.1) is 27.7 Å². The number of nitrogens with zero attached hydrogens (tertiary/aromatic N) is 5. The molecular formula is C41H43Cl2N5O6. The number of anilines is 1. The summed E-state index contributed by atoms with van der Waals surface area (Å²) in [6.07, 6.45) is 1.16. The van der Waals surface area contributed by atoms with Crippen LogP contribution in [0.3, 0.4) is 0 Å². The van der Waals surface area contributed by atoms with E-state index in [4.69, 9.17) is 42.5 Å². The van der Waals surface area contributed by atoms with Crippen LogP contribution in [0.5, 0.6) is 17.2 Å². The zero-order chi connectivity index (χ0) is 38.9. The minimum Gasteiger partial charge on any atom is -0.494 e. The zero-order valence-corrected chi connectivity index (χ0v) is 33.4. The molecule has 0 fully saturated rings. The van der Waals surface area contributed by atoms with E-state index in [9.17, 15) is 9.90 Å². The summed E-state index contributed by atoms with van der Waals surface area (Å²) in [5, 5.41) is 17.5. The monoisotopic (exact) mass is 771 g/mol. The van der Waals surface area contributed by atoms with Crippen LogP contribution in [0.2, 0.25) is 10.0 Å². The molecule has 0 saturated heterocycles. The number of hydrogen-bond donors (Lipinski definition) is 1. The highest BCUT2D eigenvalue weighted by Crippen LogP contribution is 2.48. The van der Waals surface area contributed by atoms with Crippen molar-refractivity contribution >= 4 is 62.6 Å². The lowest BCUT2D eigenvalue weighted by atomic mass is 9.98. The molecule has 3 aromatic heterocycles. The van der Waals surface area contributed by atoms with Crippen molar-refractivity contribution in [3.63, 3.8) is 0 Å². The summed E-state index contributed by atoms with van der Waals surface area (Å²) in [4.78, 5) is 29.3. The van der Waals surface area contributed by atoms with Gasteiger partial charge in [0.25, 0.3) is 5.91 Å². The Kier molecular flexibility index (Phi) is 9.60. The van der Waals surface area contributed by atoms with E-state index in [1.54, 1.807) is 28.6 Å². The zero-order valence-electron chi connectivity index (χ0n) is 31.9. The van der Waals surface area contributed by atoms with Gasteiger partial charge in [-0.25, -0.2) is 4.79 Å². The van der Waals surface area contributed by atoms with Crippen LogP contribution in [0.25, 0.3) is 32.9 Å². The third-order valence-electron chi connectivity index (χ3n) is 10.7. The number of carboxylic acids is 1. The van der Waals surface area contributed by atoms with E-state index < -0.39 is 5.97 Å². The maximum Gasteiger partial charge on any atom is 0.352 e. The molecule has 1 aliphatic heterocycles. The predicted octanol–water partition coefficient (Wildman–Crippen LogP) is 9.02. The molecule has 0 radical (unpaired) electrons. The lowest BCUT2D eigenvalue weighted by Gasteiger charge is -2.35. The van der Waals surface area contributed by atoms with Gasteiger partial charge in [0, 0.05) is 65.4 Å².